The molecule has 0 spiro atoms. The lowest BCUT2D eigenvalue weighted by molar-refractivity contribution is 0.0971. The Kier molecular flexibility index (Phi) is 6.14. The maximum atomic E-state index is 13.8. The number of carbonyl (C=O) groups is 2. The van der Waals surface area contributed by atoms with Crippen LogP contribution in [0.25, 0.3) is 17.1 Å². The van der Waals surface area contributed by atoms with Crippen LogP contribution in [0.15, 0.2) is 66.9 Å². The van der Waals surface area contributed by atoms with Gasteiger partial charge in [-0.3, -0.25) is 9.59 Å². The maximum absolute atomic E-state index is 13.8. The van der Waals surface area contributed by atoms with Crippen LogP contribution in [0.4, 0.5) is 0 Å². The van der Waals surface area contributed by atoms with E-state index < -0.39 is 0 Å². The van der Waals surface area contributed by atoms with Crippen molar-refractivity contribution in [2.75, 3.05) is 21.3 Å². The van der Waals surface area contributed by atoms with Crippen LogP contribution in [-0.4, -0.2) is 57.4 Å². The summed E-state index contributed by atoms with van der Waals surface area (Å²) in [5.74, 6) is 0.906. The van der Waals surface area contributed by atoms with Crippen molar-refractivity contribution in [2.24, 2.45) is 0 Å². The number of nitrogens with zero attached hydrogens (tertiary/aromatic N) is 5. The van der Waals surface area contributed by atoms with Crippen LogP contribution in [0.2, 0.25) is 0 Å². The van der Waals surface area contributed by atoms with Gasteiger partial charge in [0, 0.05) is 11.1 Å². The van der Waals surface area contributed by atoms with Crippen LogP contribution < -0.4 is 14.2 Å². The van der Waals surface area contributed by atoms with Gasteiger partial charge in [0.05, 0.1) is 45.3 Å². The van der Waals surface area contributed by atoms with Gasteiger partial charge in [0.1, 0.15) is 22.9 Å². The number of ketones is 2. The maximum Gasteiger partial charge on any atom is 0.214 e. The van der Waals surface area contributed by atoms with E-state index in [1.807, 2.05) is 31.2 Å². The molecule has 0 amide bonds. The molecular weight excluding hydrogens is 510 g/mol. The Hall–Kier alpha value is -5.25. The normalized spacial score (nSPS) is 12.2. The van der Waals surface area contributed by atoms with E-state index in [9.17, 15) is 9.59 Å². The second kappa shape index (κ2) is 9.81. The number of rotatable bonds is 7. The number of hydrogen-bond acceptors (Lipinski definition) is 8. The Balaban J connectivity index is 1.54. The van der Waals surface area contributed by atoms with E-state index >= 15 is 0 Å². The highest BCUT2D eigenvalue weighted by atomic mass is 16.5. The number of ether oxygens (including phenoxy) is 3. The lowest BCUT2D eigenvalue weighted by Crippen LogP contribution is -2.23. The molecule has 200 valence electrons. The number of aromatic nitrogens is 5. The van der Waals surface area contributed by atoms with Crippen LogP contribution in [-0.2, 0) is 6.54 Å². The predicted molar refractivity (Wildman–Crippen MR) is 146 cm³/mol. The highest BCUT2D eigenvalue weighted by molar-refractivity contribution is 6.27. The summed E-state index contributed by atoms with van der Waals surface area (Å²) in [6, 6.07) is 18.1. The standard InChI is InChI=1S/C30H25N5O5/c1-17-9-11-19(12-10-17)35-16-18(32-33-35)15-34-25-24(26(36)20-7-5-6-8-21(20)27(25)37)31-30(34)22-13-14-23(38-2)29(40-4)28(22)39-3/h5-14,16H,15H2,1-4H3. The summed E-state index contributed by atoms with van der Waals surface area (Å²) in [5, 5.41) is 8.64. The first-order valence-corrected chi connectivity index (χ1v) is 12.5. The zero-order valence-electron chi connectivity index (χ0n) is 22.3. The third kappa shape index (κ3) is 3.92. The molecule has 1 aliphatic rings. The molecule has 0 aliphatic heterocycles. The minimum Gasteiger partial charge on any atom is -0.493 e. The molecule has 40 heavy (non-hydrogen) atoms. The molecule has 0 bridgehead atoms. The minimum absolute atomic E-state index is 0.0708. The molecule has 10 heteroatoms. The molecule has 1 aliphatic carbocycles. The van der Waals surface area contributed by atoms with Gasteiger partial charge in [0.15, 0.2) is 11.5 Å². The molecule has 2 aromatic heterocycles. The fourth-order valence-electron chi connectivity index (χ4n) is 4.97. The largest absolute Gasteiger partial charge is 0.493 e. The van der Waals surface area contributed by atoms with E-state index in [1.54, 1.807) is 51.8 Å². The molecular formula is C30H25N5O5. The van der Waals surface area contributed by atoms with Crippen LogP contribution in [0.1, 0.15) is 43.4 Å². The number of hydrogen-bond donors (Lipinski definition) is 0. The fourth-order valence-corrected chi connectivity index (χ4v) is 4.97. The second-order valence-corrected chi connectivity index (χ2v) is 9.29. The Labute approximate surface area is 229 Å². The zero-order chi connectivity index (χ0) is 28.0. The summed E-state index contributed by atoms with van der Waals surface area (Å²) in [4.78, 5) is 32.1. The van der Waals surface area contributed by atoms with Crippen molar-refractivity contribution >= 4 is 11.6 Å². The SMILES string of the molecule is COc1ccc(-c2nc3c(n2Cc2cn(-c4ccc(C)cc4)nn2)C(=O)c2ccccc2C3=O)c(OC)c1OC. The molecule has 0 radical (unpaired) electrons. The van der Waals surface area contributed by atoms with Gasteiger partial charge in [-0.25, -0.2) is 9.67 Å². The summed E-state index contributed by atoms with van der Waals surface area (Å²) >= 11 is 0. The predicted octanol–water partition coefficient (Wildman–Crippen LogP) is 4.29. The van der Waals surface area contributed by atoms with Crippen LogP contribution in [0.5, 0.6) is 17.2 Å². The number of imidazole rings is 1. The molecule has 0 saturated heterocycles. The Morgan fingerprint density at radius 3 is 2.15 bits per heavy atom. The van der Waals surface area contributed by atoms with Crippen molar-refractivity contribution in [3.8, 4) is 34.3 Å². The van der Waals surface area contributed by atoms with Gasteiger partial charge in [-0.2, -0.15) is 0 Å². The fraction of sp³-hybridized carbons (Fsp3) is 0.167. The smallest absolute Gasteiger partial charge is 0.214 e. The zero-order valence-corrected chi connectivity index (χ0v) is 22.3. The topological polar surface area (TPSA) is 110 Å². The van der Waals surface area contributed by atoms with Gasteiger partial charge in [0.2, 0.25) is 17.3 Å². The summed E-state index contributed by atoms with van der Waals surface area (Å²) in [6.45, 7) is 2.14. The van der Waals surface area contributed by atoms with E-state index in [2.05, 4.69) is 10.3 Å². The van der Waals surface area contributed by atoms with Crippen LogP contribution in [0, 0.1) is 6.92 Å². The lowest BCUT2D eigenvalue weighted by Gasteiger charge is -2.18. The summed E-state index contributed by atoms with van der Waals surface area (Å²) in [7, 11) is 4.55. The summed E-state index contributed by atoms with van der Waals surface area (Å²) in [6.07, 6.45) is 1.79. The van der Waals surface area contributed by atoms with Crippen LogP contribution in [0.3, 0.4) is 0 Å². The van der Waals surface area contributed by atoms with E-state index in [0.717, 1.165) is 11.3 Å². The quantitative estimate of drug-likeness (QED) is 0.298. The first kappa shape index (κ1) is 25.1. The van der Waals surface area contributed by atoms with Crippen molar-refractivity contribution in [3.63, 3.8) is 0 Å². The van der Waals surface area contributed by atoms with E-state index in [0.29, 0.717) is 45.5 Å². The average Bonchev–Trinajstić information content (AvgIpc) is 3.61. The number of benzene rings is 3. The Bertz CT molecular complexity index is 1790. The molecule has 2 heterocycles. The van der Waals surface area contributed by atoms with E-state index in [-0.39, 0.29) is 29.5 Å². The third-order valence-corrected chi connectivity index (χ3v) is 6.92. The van der Waals surface area contributed by atoms with Crippen LogP contribution >= 0.6 is 0 Å². The molecule has 0 N–H and O–H groups in total. The highest BCUT2D eigenvalue weighted by Crippen LogP contribution is 2.45. The molecule has 5 aromatic rings. The van der Waals surface area contributed by atoms with Gasteiger partial charge >= 0.3 is 0 Å². The minimum atomic E-state index is -0.326. The van der Waals surface area contributed by atoms with Gasteiger partial charge in [-0.05, 0) is 31.2 Å². The van der Waals surface area contributed by atoms with E-state index in [1.165, 1.54) is 21.3 Å². The molecule has 0 unspecified atom stereocenters. The van der Waals surface area contributed by atoms with Crippen molar-refractivity contribution in [2.45, 2.75) is 13.5 Å². The van der Waals surface area contributed by atoms with Crippen molar-refractivity contribution in [1.82, 2.24) is 24.5 Å². The Morgan fingerprint density at radius 2 is 1.48 bits per heavy atom. The Morgan fingerprint density at radius 1 is 0.775 bits per heavy atom. The molecule has 6 rings (SSSR count). The highest BCUT2D eigenvalue weighted by Gasteiger charge is 2.37. The molecule has 0 saturated carbocycles. The van der Waals surface area contributed by atoms with Gasteiger partial charge in [-0.15, -0.1) is 5.10 Å². The number of aryl methyl sites for hydroxylation is 1. The molecule has 0 fully saturated rings. The van der Waals surface area contributed by atoms with E-state index in [4.69, 9.17) is 19.2 Å². The number of carbonyl (C=O) groups excluding carboxylic acids is 2. The van der Waals surface area contributed by atoms with Gasteiger partial charge in [-0.1, -0.05) is 47.2 Å². The van der Waals surface area contributed by atoms with Crippen molar-refractivity contribution < 1.29 is 23.8 Å². The second-order valence-electron chi connectivity index (χ2n) is 9.29. The lowest BCUT2D eigenvalue weighted by atomic mass is 9.90. The molecule has 0 atom stereocenters. The molecule has 10 nitrogen and oxygen atoms in total. The van der Waals surface area contributed by atoms with Crippen molar-refractivity contribution in [1.29, 1.82) is 0 Å². The average molecular weight is 536 g/mol. The first-order valence-electron chi connectivity index (χ1n) is 12.5. The third-order valence-electron chi connectivity index (χ3n) is 6.92. The number of methoxy groups -OCH3 is 3. The summed E-state index contributed by atoms with van der Waals surface area (Å²) < 4.78 is 20.1. The van der Waals surface area contributed by atoms with Gasteiger partial charge < -0.3 is 18.8 Å². The van der Waals surface area contributed by atoms with Crippen molar-refractivity contribution in [3.05, 3.63) is 101 Å². The molecule has 3 aromatic carbocycles. The van der Waals surface area contributed by atoms with Gasteiger partial charge in [0.25, 0.3) is 0 Å². The number of fused-ring (bicyclic) bond motifs is 2. The first-order chi connectivity index (χ1) is 19.4. The monoisotopic (exact) mass is 535 g/mol. The summed E-state index contributed by atoms with van der Waals surface area (Å²) in [5.41, 5.74) is 3.97.